The van der Waals surface area contributed by atoms with E-state index in [1.807, 2.05) is 36.4 Å². The highest BCUT2D eigenvalue weighted by Gasteiger charge is 2.20. The number of benzene rings is 2. The first-order valence-electron chi connectivity index (χ1n) is 7.57. The summed E-state index contributed by atoms with van der Waals surface area (Å²) >= 11 is 0. The highest BCUT2D eigenvalue weighted by Crippen LogP contribution is 2.34. The monoisotopic (exact) mass is 295 g/mol. The van der Waals surface area contributed by atoms with E-state index in [1.54, 1.807) is 7.11 Å². The van der Waals surface area contributed by atoms with Crippen molar-refractivity contribution in [1.82, 2.24) is 4.57 Å². The van der Waals surface area contributed by atoms with E-state index in [1.165, 1.54) is 5.52 Å². The van der Waals surface area contributed by atoms with Gasteiger partial charge in [0.1, 0.15) is 11.9 Å². The average molecular weight is 295 g/mol. The van der Waals surface area contributed by atoms with Gasteiger partial charge in [0.2, 0.25) is 0 Å². The van der Waals surface area contributed by atoms with Crippen LogP contribution in [0.2, 0.25) is 0 Å². The Kier molecular flexibility index (Phi) is 3.90. The first-order valence-corrected chi connectivity index (χ1v) is 7.57. The second-order valence-corrected chi connectivity index (χ2v) is 5.44. The van der Waals surface area contributed by atoms with Crippen LogP contribution in [-0.2, 0) is 6.54 Å². The molecule has 114 valence electrons. The van der Waals surface area contributed by atoms with Crippen LogP contribution in [-0.4, -0.2) is 16.8 Å². The fraction of sp³-hybridized carbons (Fsp3) is 0.263. The molecule has 1 aromatic heterocycles. The van der Waals surface area contributed by atoms with Gasteiger partial charge in [-0.2, -0.15) is 0 Å². The molecule has 1 N–H and O–H groups in total. The molecule has 0 aliphatic carbocycles. The number of aromatic nitrogens is 1. The van der Waals surface area contributed by atoms with E-state index in [0.717, 1.165) is 34.5 Å². The lowest BCUT2D eigenvalue weighted by atomic mass is 9.99. The van der Waals surface area contributed by atoms with E-state index in [9.17, 15) is 5.11 Å². The van der Waals surface area contributed by atoms with E-state index >= 15 is 0 Å². The molecule has 0 aliphatic heterocycles. The molecule has 1 atom stereocenters. The molecular formula is C19H21NO2. The van der Waals surface area contributed by atoms with Crippen molar-refractivity contribution in [3.05, 3.63) is 65.4 Å². The third kappa shape index (κ3) is 2.28. The number of aliphatic hydroxyl groups is 1. The van der Waals surface area contributed by atoms with E-state index in [4.69, 9.17) is 4.74 Å². The smallest absolute Gasteiger partial charge is 0.118 e. The molecule has 0 aliphatic rings. The number of aryl methyl sites for hydroxylation is 1. The largest absolute Gasteiger partial charge is 0.497 e. The lowest BCUT2D eigenvalue weighted by molar-refractivity contribution is 0.220. The van der Waals surface area contributed by atoms with Crippen molar-refractivity contribution < 1.29 is 9.84 Å². The molecule has 2 aromatic carbocycles. The van der Waals surface area contributed by atoms with Gasteiger partial charge in [0.05, 0.1) is 7.11 Å². The van der Waals surface area contributed by atoms with Crippen LogP contribution in [0.1, 0.15) is 29.8 Å². The summed E-state index contributed by atoms with van der Waals surface area (Å²) < 4.78 is 7.43. The Bertz CT molecular complexity index is 787. The quantitative estimate of drug-likeness (QED) is 0.787. The van der Waals surface area contributed by atoms with Gasteiger partial charge in [-0.1, -0.05) is 30.3 Å². The van der Waals surface area contributed by atoms with Gasteiger partial charge < -0.3 is 14.4 Å². The van der Waals surface area contributed by atoms with E-state index in [0.29, 0.717) is 0 Å². The van der Waals surface area contributed by atoms with E-state index in [-0.39, 0.29) is 0 Å². The Hall–Kier alpha value is -2.26. The Morgan fingerprint density at radius 2 is 1.77 bits per heavy atom. The number of fused-ring (bicyclic) bond motifs is 1. The molecule has 0 saturated heterocycles. The molecule has 22 heavy (non-hydrogen) atoms. The number of hydrogen-bond donors (Lipinski definition) is 1. The minimum Gasteiger partial charge on any atom is -0.497 e. The summed E-state index contributed by atoms with van der Waals surface area (Å²) in [6, 6.07) is 15.8. The topological polar surface area (TPSA) is 34.4 Å². The number of para-hydroxylation sites is 1. The zero-order chi connectivity index (χ0) is 15.7. The average Bonchev–Trinajstić information content (AvgIpc) is 2.85. The Labute approximate surface area is 130 Å². The van der Waals surface area contributed by atoms with Crippen LogP contribution >= 0.6 is 0 Å². The van der Waals surface area contributed by atoms with Gasteiger partial charge in [-0.05, 0) is 37.6 Å². The molecule has 3 rings (SSSR count). The zero-order valence-electron chi connectivity index (χ0n) is 13.2. The third-order valence-electron chi connectivity index (χ3n) is 4.30. The molecule has 0 spiro atoms. The Morgan fingerprint density at radius 3 is 2.41 bits per heavy atom. The fourth-order valence-corrected chi connectivity index (χ4v) is 3.16. The van der Waals surface area contributed by atoms with Gasteiger partial charge in [0, 0.05) is 28.7 Å². The molecular weight excluding hydrogens is 274 g/mol. The predicted molar refractivity (Wildman–Crippen MR) is 89.4 cm³/mol. The second-order valence-electron chi connectivity index (χ2n) is 5.44. The first-order chi connectivity index (χ1) is 10.7. The molecule has 0 bridgehead atoms. The molecule has 1 unspecified atom stereocenters. The third-order valence-corrected chi connectivity index (χ3v) is 4.30. The Morgan fingerprint density at radius 1 is 1.09 bits per heavy atom. The summed E-state index contributed by atoms with van der Waals surface area (Å²) in [6.07, 6.45) is -0.636. The van der Waals surface area contributed by atoms with Crippen molar-refractivity contribution in [3.8, 4) is 5.75 Å². The molecule has 3 nitrogen and oxygen atoms in total. The molecule has 0 amide bonds. The highest BCUT2D eigenvalue weighted by molar-refractivity contribution is 5.86. The van der Waals surface area contributed by atoms with Crippen LogP contribution in [0, 0.1) is 6.92 Å². The number of hydrogen-bond acceptors (Lipinski definition) is 2. The van der Waals surface area contributed by atoms with Gasteiger partial charge >= 0.3 is 0 Å². The van der Waals surface area contributed by atoms with Crippen LogP contribution in [0.4, 0.5) is 0 Å². The van der Waals surface area contributed by atoms with Gasteiger partial charge in [-0.3, -0.25) is 0 Å². The van der Waals surface area contributed by atoms with Gasteiger partial charge in [-0.25, -0.2) is 0 Å². The molecule has 0 fully saturated rings. The van der Waals surface area contributed by atoms with Crippen molar-refractivity contribution in [1.29, 1.82) is 0 Å². The minimum absolute atomic E-state index is 0.636. The van der Waals surface area contributed by atoms with Gasteiger partial charge in [0.15, 0.2) is 0 Å². The Balaban J connectivity index is 2.14. The summed E-state index contributed by atoms with van der Waals surface area (Å²) in [6.45, 7) is 5.09. The van der Waals surface area contributed by atoms with Crippen molar-refractivity contribution >= 4 is 10.9 Å². The molecule has 0 saturated carbocycles. The molecule has 3 aromatic rings. The SMILES string of the molecule is CCn1c(C)c(C(O)c2ccc(OC)cc2)c2ccccc21. The number of aliphatic hydroxyl groups excluding tert-OH is 1. The molecule has 1 heterocycles. The maximum Gasteiger partial charge on any atom is 0.118 e. The predicted octanol–water partition coefficient (Wildman–Crippen LogP) is 4.06. The van der Waals surface area contributed by atoms with Crippen LogP contribution in [0.5, 0.6) is 5.75 Å². The van der Waals surface area contributed by atoms with Crippen LogP contribution < -0.4 is 4.74 Å². The lowest BCUT2D eigenvalue weighted by Gasteiger charge is -2.13. The van der Waals surface area contributed by atoms with E-state index in [2.05, 4.69) is 30.5 Å². The fourth-order valence-electron chi connectivity index (χ4n) is 3.16. The van der Waals surface area contributed by atoms with Crippen molar-refractivity contribution in [2.45, 2.75) is 26.5 Å². The maximum absolute atomic E-state index is 10.9. The highest BCUT2D eigenvalue weighted by atomic mass is 16.5. The zero-order valence-corrected chi connectivity index (χ0v) is 13.2. The number of nitrogens with zero attached hydrogens (tertiary/aromatic N) is 1. The molecule has 3 heteroatoms. The van der Waals surface area contributed by atoms with Crippen LogP contribution in [0.15, 0.2) is 48.5 Å². The number of ether oxygens (including phenoxy) is 1. The van der Waals surface area contributed by atoms with Gasteiger partial charge in [-0.15, -0.1) is 0 Å². The second kappa shape index (κ2) is 5.85. The first kappa shape index (κ1) is 14.7. The summed E-state index contributed by atoms with van der Waals surface area (Å²) in [5.74, 6) is 0.795. The lowest BCUT2D eigenvalue weighted by Crippen LogP contribution is -2.03. The van der Waals surface area contributed by atoms with E-state index < -0.39 is 6.10 Å². The standard InChI is InChI=1S/C19H21NO2/c1-4-20-13(2)18(16-7-5-6-8-17(16)20)19(21)14-9-11-15(22-3)12-10-14/h5-12,19,21H,4H2,1-3H3. The number of methoxy groups -OCH3 is 1. The van der Waals surface area contributed by atoms with Crippen molar-refractivity contribution in [3.63, 3.8) is 0 Å². The van der Waals surface area contributed by atoms with Crippen LogP contribution in [0.3, 0.4) is 0 Å². The van der Waals surface area contributed by atoms with Crippen LogP contribution in [0.25, 0.3) is 10.9 Å². The maximum atomic E-state index is 10.9. The normalized spacial score (nSPS) is 12.5. The summed E-state index contributed by atoms with van der Waals surface area (Å²) in [4.78, 5) is 0. The summed E-state index contributed by atoms with van der Waals surface area (Å²) in [5.41, 5.74) is 4.16. The van der Waals surface area contributed by atoms with Crippen molar-refractivity contribution in [2.24, 2.45) is 0 Å². The molecule has 0 radical (unpaired) electrons. The van der Waals surface area contributed by atoms with Crippen molar-refractivity contribution in [2.75, 3.05) is 7.11 Å². The summed E-state index contributed by atoms with van der Waals surface area (Å²) in [7, 11) is 1.64. The summed E-state index contributed by atoms with van der Waals surface area (Å²) in [5, 5.41) is 12.0. The minimum atomic E-state index is -0.636. The van der Waals surface area contributed by atoms with Gasteiger partial charge in [0.25, 0.3) is 0 Å². The number of rotatable bonds is 4.